The summed E-state index contributed by atoms with van der Waals surface area (Å²) in [5, 5.41) is 3.86. The Labute approximate surface area is 117 Å². The maximum absolute atomic E-state index is 10.9. The van der Waals surface area contributed by atoms with Gasteiger partial charge in [0, 0.05) is 24.7 Å². The first-order valence-electron chi connectivity index (χ1n) is 6.30. The van der Waals surface area contributed by atoms with E-state index in [1.165, 1.54) is 6.33 Å². The molecule has 19 heavy (non-hydrogen) atoms. The average Bonchev–Trinajstić information content (AvgIpc) is 2.37. The Morgan fingerprint density at radius 1 is 1.53 bits per heavy atom. The lowest BCUT2D eigenvalue weighted by molar-refractivity contribution is -0.119. The third kappa shape index (κ3) is 3.78. The van der Waals surface area contributed by atoms with Crippen LogP contribution in [0.3, 0.4) is 0 Å². The molecule has 2 heterocycles. The number of primary amides is 1. The molecule has 0 bridgehead atoms. The van der Waals surface area contributed by atoms with E-state index in [1.807, 2.05) is 6.92 Å². The summed E-state index contributed by atoms with van der Waals surface area (Å²) in [6.07, 6.45) is 3.36. The Hall–Kier alpha value is -1.40. The molecule has 0 unspecified atom stereocenters. The van der Waals surface area contributed by atoms with Crippen LogP contribution in [-0.4, -0.2) is 46.5 Å². The number of aromatic nitrogens is 2. The predicted molar refractivity (Wildman–Crippen MR) is 74.1 cm³/mol. The minimum atomic E-state index is -0.273. The van der Waals surface area contributed by atoms with Gasteiger partial charge in [-0.3, -0.25) is 9.69 Å². The third-order valence-electron chi connectivity index (χ3n) is 3.33. The van der Waals surface area contributed by atoms with Crippen molar-refractivity contribution < 1.29 is 4.79 Å². The molecule has 0 saturated carbocycles. The highest BCUT2D eigenvalue weighted by atomic mass is 35.5. The molecule has 1 amide bonds. The number of hydrogen-bond acceptors (Lipinski definition) is 5. The van der Waals surface area contributed by atoms with Gasteiger partial charge in [0.15, 0.2) is 0 Å². The molecule has 1 saturated heterocycles. The Morgan fingerprint density at radius 3 is 2.84 bits per heavy atom. The number of nitrogens with zero attached hydrogens (tertiary/aromatic N) is 3. The zero-order chi connectivity index (χ0) is 13.8. The normalized spacial score (nSPS) is 17.4. The summed E-state index contributed by atoms with van der Waals surface area (Å²) in [7, 11) is 0. The molecule has 6 nitrogen and oxygen atoms in total. The van der Waals surface area contributed by atoms with Crippen molar-refractivity contribution in [1.82, 2.24) is 14.9 Å². The number of rotatable bonds is 4. The number of piperidine rings is 1. The van der Waals surface area contributed by atoms with Gasteiger partial charge >= 0.3 is 0 Å². The maximum Gasteiger partial charge on any atom is 0.231 e. The first-order valence-corrected chi connectivity index (χ1v) is 6.68. The fraction of sp³-hybridized carbons (Fsp3) is 0.583. The summed E-state index contributed by atoms with van der Waals surface area (Å²) in [5.74, 6) is 0.512. The van der Waals surface area contributed by atoms with Crippen LogP contribution in [-0.2, 0) is 4.79 Å². The Kier molecular flexibility index (Phi) is 4.55. The van der Waals surface area contributed by atoms with Crippen molar-refractivity contribution in [1.29, 1.82) is 0 Å². The number of anilines is 1. The van der Waals surface area contributed by atoms with Crippen molar-refractivity contribution in [2.75, 3.05) is 25.0 Å². The maximum atomic E-state index is 10.9. The van der Waals surface area contributed by atoms with E-state index in [0.29, 0.717) is 17.7 Å². The molecular weight excluding hydrogens is 266 g/mol. The number of nitrogens with one attached hydrogen (secondary N) is 1. The van der Waals surface area contributed by atoms with Gasteiger partial charge in [-0.15, -0.1) is 0 Å². The number of carbonyl (C=O) groups excluding carboxylic acids is 1. The summed E-state index contributed by atoms with van der Waals surface area (Å²) in [6.45, 7) is 3.95. The predicted octanol–water partition coefficient (Wildman–Crippen LogP) is 0.800. The fourth-order valence-corrected chi connectivity index (χ4v) is 2.36. The lowest BCUT2D eigenvalue weighted by Crippen LogP contribution is -2.43. The quantitative estimate of drug-likeness (QED) is 0.799. The van der Waals surface area contributed by atoms with Crippen LogP contribution in [0.5, 0.6) is 0 Å². The van der Waals surface area contributed by atoms with Gasteiger partial charge < -0.3 is 11.1 Å². The summed E-state index contributed by atoms with van der Waals surface area (Å²) in [5.41, 5.74) is 6.05. The molecular formula is C12H18ClN5O. The number of hydrogen-bond donors (Lipinski definition) is 2. The van der Waals surface area contributed by atoms with Gasteiger partial charge in [0.05, 0.1) is 6.54 Å². The molecule has 1 aliphatic rings. The van der Waals surface area contributed by atoms with E-state index in [0.717, 1.165) is 37.3 Å². The molecule has 104 valence electrons. The molecule has 1 aliphatic heterocycles. The van der Waals surface area contributed by atoms with Crippen LogP contribution in [0.15, 0.2) is 6.33 Å². The van der Waals surface area contributed by atoms with Gasteiger partial charge in [0.1, 0.15) is 17.3 Å². The second-order valence-electron chi connectivity index (χ2n) is 4.80. The van der Waals surface area contributed by atoms with Crippen LogP contribution in [0.1, 0.15) is 18.4 Å². The fourth-order valence-electron chi connectivity index (χ4n) is 2.22. The molecule has 1 fully saturated rings. The van der Waals surface area contributed by atoms with Crippen LogP contribution >= 0.6 is 11.6 Å². The standard InChI is InChI=1S/C12H18ClN5O/c1-8-11(13)15-7-16-12(8)17-9-2-4-18(5-3-9)6-10(14)19/h7,9H,2-6H2,1H3,(H2,14,19)(H,15,16,17). The molecule has 0 atom stereocenters. The van der Waals surface area contributed by atoms with Crippen molar-refractivity contribution in [3.63, 3.8) is 0 Å². The smallest absolute Gasteiger partial charge is 0.231 e. The van der Waals surface area contributed by atoms with Crippen LogP contribution in [0, 0.1) is 6.92 Å². The second kappa shape index (κ2) is 6.16. The van der Waals surface area contributed by atoms with Crippen LogP contribution < -0.4 is 11.1 Å². The van der Waals surface area contributed by atoms with E-state index >= 15 is 0 Å². The van der Waals surface area contributed by atoms with E-state index in [1.54, 1.807) is 0 Å². The molecule has 0 spiro atoms. The number of nitrogens with two attached hydrogens (primary N) is 1. The van der Waals surface area contributed by atoms with Crippen molar-refractivity contribution >= 4 is 23.3 Å². The van der Waals surface area contributed by atoms with Crippen molar-refractivity contribution in [2.45, 2.75) is 25.8 Å². The molecule has 7 heteroatoms. The summed E-state index contributed by atoms with van der Waals surface area (Å²) in [4.78, 5) is 21.1. The van der Waals surface area contributed by atoms with E-state index in [9.17, 15) is 4.79 Å². The van der Waals surface area contributed by atoms with Gasteiger partial charge in [-0.1, -0.05) is 11.6 Å². The number of likely N-dealkylation sites (tertiary alicyclic amines) is 1. The SMILES string of the molecule is Cc1c(Cl)ncnc1NC1CCN(CC(N)=O)CC1. The highest BCUT2D eigenvalue weighted by Gasteiger charge is 2.21. The average molecular weight is 284 g/mol. The molecule has 2 rings (SSSR count). The van der Waals surface area contributed by atoms with Crippen LogP contribution in [0.25, 0.3) is 0 Å². The first kappa shape index (κ1) is 14.0. The molecule has 1 aromatic rings. The monoisotopic (exact) mass is 283 g/mol. The number of amides is 1. The number of carbonyl (C=O) groups is 1. The van der Waals surface area contributed by atoms with Gasteiger partial charge in [-0.2, -0.15) is 0 Å². The Balaban J connectivity index is 1.89. The minimum absolute atomic E-state index is 0.273. The van der Waals surface area contributed by atoms with E-state index < -0.39 is 0 Å². The zero-order valence-corrected chi connectivity index (χ0v) is 11.7. The van der Waals surface area contributed by atoms with E-state index in [2.05, 4.69) is 20.2 Å². The molecule has 0 aromatic carbocycles. The lowest BCUT2D eigenvalue weighted by Gasteiger charge is -2.31. The highest BCUT2D eigenvalue weighted by molar-refractivity contribution is 6.30. The summed E-state index contributed by atoms with van der Waals surface area (Å²) in [6, 6.07) is 0.341. The molecule has 0 aliphatic carbocycles. The second-order valence-corrected chi connectivity index (χ2v) is 5.16. The Bertz CT molecular complexity index is 459. The molecule has 0 radical (unpaired) electrons. The number of halogens is 1. The summed E-state index contributed by atoms with van der Waals surface area (Å²) >= 11 is 5.96. The largest absolute Gasteiger partial charge is 0.369 e. The third-order valence-corrected chi connectivity index (χ3v) is 3.71. The van der Waals surface area contributed by atoms with E-state index in [-0.39, 0.29) is 5.91 Å². The van der Waals surface area contributed by atoms with Crippen molar-refractivity contribution in [2.24, 2.45) is 5.73 Å². The minimum Gasteiger partial charge on any atom is -0.369 e. The first-order chi connectivity index (χ1) is 9.06. The van der Waals surface area contributed by atoms with Gasteiger partial charge in [0.25, 0.3) is 0 Å². The molecule has 1 aromatic heterocycles. The van der Waals surface area contributed by atoms with Crippen molar-refractivity contribution in [3.05, 3.63) is 17.0 Å². The van der Waals surface area contributed by atoms with Gasteiger partial charge in [-0.25, -0.2) is 9.97 Å². The topological polar surface area (TPSA) is 84.1 Å². The lowest BCUT2D eigenvalue weighted by atomic mass is 10.0. The Morgan fingerprint density at radius 2 is 2.21 bits per heavy atom. The van der Waals surface area contributed by atoms with Crippen LogP contribution in [0.4, 0.5) is 5.82 Å². The van der Waals surface area contributed by atoms with Gasteiger partial charge in [0.2, 0.25) is 5.91 Å². The van der Waals surface area contributed by atoms with Crippen molar-refractivity contribution in [3.8, 4) is 0 Å². The zero-order valence-electron chi connectivity index (χ0n) is 10.9. The van der Waals surface area contributed by atoms with Crippen LogP contribution in [0.2, 0.25) is 5.15 Å². The summed E-state index contributed by atoms with van der Waals surface area (Å²) < 4.78 is 0. The molecule has 3 N–H and O–H groups in total. The van der Waals surface area contributed by atoms with Gasteiger partial charge in [-0.05, 0) is 19.8 Å². The highest BCUT2D eigenvalue weighted by Crippen LogP contribution is 2.21. The van der Waals surface area contributed by atoms with E-state index in [4.69, 9.17) is 17.3 Å².